The van der Waals surface area contributed by atoms with Gasteiger partial charge in [-0.25, -0.2) is 14.4 Å². The number of amides is 1. The van der Waals surface area contributed by atoms with Crippen molar-refractivity contribution >= 4 is 49.6 Å². The molecule has 0 unspecified atom stereocenters. The van der Waals surface area contributed by atoms with Gasteiger partial charge >= 0.3 is 6.36 Å². The number of halogens is 4. The average molecular weight is 497 g/mol. The number of ether oxygens (including phenoxy) is 1. The number of hydrogen-bond acceptors (Lipinski definition) is 7. The van der Waals surface area contributed by atoms with Gasteiger partial charge in [-0.1, -0.05) is 11.3 Å². The van der Waals surface area contributed by atoms with Gasteiger partial charge in [0, 0.05) is 32.3 Å². The summed E-state index contributed by atoms with van der Waals surface area (Å²) in [6, 6.07) is 6.37. The zero-order valence-corrected chi connectivity index (χ0v) is 18.6. The number of benzene rings is 2. The van der Waals surface area contributed by atoms with E-state index in [4.69, 9.17) is 5.11 Å². The van der Waals surface area contributed by atoms with E-state index in [-0.39, 0.29) is 17.9 Å². The number of nitrogens with zero attached hydrogens (tertiary/aromatic N) is 3. The Morgan fingerprint density at radius 2 is 1.97 bits per heavy atom. The van der Waals surface area contributed by atoms with Crippen LogP contribution in [0.1, 0.15) is 23.2 Å². The van der Waals surface area contributed by atoms with E-state index in [2.05, 4.69) is 25.3 Å². The number of carbonyl (C=O) groups is 1. The van der Waals surface area contributed by atoms with E-state index in [9.17, 15) is 22.4 Å². The Balaban J connectivity index is 1.57. The Labute approximate surface area is 194 Å². The predicted molar refractivity (Wildman–Crippen MR) is 119 cm³/mol. The summed E-state index contributed by atoms with van der Waals surface area (Å²) in [6.45, 7) is 0.316. The van der Waals surface area contributed by atoms with Crippen LogP contribution >= 0.6 is 11.3 Å². The van der Waals surface area contributed by atoms with Crippen molar-refractivity contribution in [2.45, 2.75) is 19.2 Å². The lowest BCUT2D eigenvalue weighted by Crippen LogP contribution is -2.25. The van der Waals surface area contributed by atoms with Crippen molar-refractivity contribution in [2.75, 3.05) is 18.5 Å². The molecule has 2 aromatic carbocycles. The molecule has 34 heavy (non-hydrogen) atoms. The number of hydrogen-bond donors (Lipinski definition) is 3. The van der Waals surface area contributed by atoms with E-state index in [1.54, 1.807) is 11.6 Å². The van der Waals surface area contributed by atoms with Gasteiger partial charge in [0.25, 0.3) is 5.91 Å². The maximum atomic E-state index is 14.6. The molecular formula is C21H19F4N5O3S. The van der Waals surface area contributed by atoms with Gasteiger partial charge < -0.3 is 25.0 Å². The van der Waals surface area contributed by atoms with Crippen molar-refractivity contribution < 1.29 is 32.2 Å². The molecule has 0 aliphatic rings. The molecule has 0 radical (unpaired) electrons. The van der Waals surface area contributed by atoms with Crippen molar-refractivity contribution in [1.82, 2.24) is 19.9 Å². The van der Waals surface area contributed by atoms with Crippen LogP contribution in [-0.2, 0) is 7.05 Å². The molecule has 1 amide bonds. The quantitative estimate of drug-likeness (QED) is 0.245. The summed E-state index contributed by atoms with van der Waals surface area (Å²) in [5.41, 5.74) is 1.11. The van der Waals surface area contributed by atoms with Crippen LogP contribution in [0.5, 0.6) is 5.75 Å². The van der Waals surface area contributed by atoms with E-state index in [1.807, 2.05) is 0 Å². The van der Waals surface area contributed by atoms with Gasteiger partial charge in [-0.15, -0.1) is 13.2 Å². The van der Waals surface area contributed by atoms with Crippen molar-refractivity contribution in [3.8, 4) is 5.75 Å². The Bertz CT molecular complexity index is 1350. The summed E-state index contributed by atoms with van der Waals surface area (Å²) >= 11 is 1.10. The molecule has 180 valence electrons. The van der Waals surface area contributed by atoms with Gasteiger partial charge in [0.2, 0.25) is 5.95 Å². The fourth-order valence-corrected chi connectivity index (χ4v) is 4.17. The third kappa shape index (κ3) is 5.20. The van der Waals surface area contributed by atoms with Crippen molar-refractivity contribution in [1.29, 1.82) is 0 Å². The zero-order chi connectivity index (χ0) is 24.5. The smallest absolute Gasteiger partial charge is 0.406 e. The summed E-state index contributed by atoms with van der Waals surface area (Å²) in [7, 11) is 1.65. The largest absolute Gasteiger partial charge is 0.573 e. The number of aryl methyl sites for hydroxylation is 1. The summed E-state index contributed by atoms with van der Waals surface area (Å²) in [6.07, 6.45) is -3.70. The highest BCUT2D eigenvalue weighted by atomic mass is 32.1. The van der Waals surface area contributed by atoms with Crippen LogP contribution < -0.4 is 15.4 Å². The molecule has 0 saturated heterocycles. The number of rotatable bonds is 8. The normalized spacial score (nSPS) is 11.8. The molecule has 13 heteroatoms. The summed E-state index contributed by atoms with van der Waals surface area (Å²) in [4.78, 5) is 21.0. The molecule has 0 spiro atoms. The maximum Gasteiger partial charge on any atom is 0.573 e. The maximum absolute atomic E-state index is 14.6. The van der Waals surface area contributed by atoms with Gasteiger partial charge in [-0.05, 0) is 31.0 Å². The molecule has 3 N–H and O–H groups in total. The number of alkyl halides is 3. The minimum absolute atomic E-state index is 0.0110. The molecule has 0 atom stereocenters. The van der Waals surface area contributed by atoms with Crippen LogP contribution in [0.3, 0.4) is 0 Å². The second-order valence-corrected chi connectivity index (χ2v) is 8.35. The zero-order valence-electron chi connectivity index (χ0n) is 17.7. The summed E-state index contributed by atoms with van der Waals surface area (Å²) in [5.74, 6) is -1.34. The molecule has 0 aliphatic carbocycles. The molecule has 2 heterocycles. The number of fused-ring (bicyclic) bond motifs is 2. The fraction of sp³-hybridized carbons (Fsp3) is 0.286. The number of aromatic nitrogens is 3. The van der Waals surface area contributed by atoms with Crippen LogP contribution in [0.2, 0.25) is 0 Å². The van der Waals surface area contributed by atoms with Gasteiger partial charge in [0.1, 0.15) is 11.6 Å². The standard InChI is InChI=1S/C21H19F4N5O3S/c1-30-16-10-13(22)12(18(32)26-6-2-3-7-31)9-15(16)27-19(30)29-20-28-14-5-4-11(8-17(14)34-20)33-21(23,24)25/h4-5,8-10,31H,2-3,6-7H2,1H3,(H,26,32)(H,27,28,29). The van der Waals surface area contributed by atoms with Crippen molar-refractivity contribution in [3.63, 3.8) is 0 Å². The Morgan fingerprint density at radius 3 is 2.71 bits per heavy atom. The molecular weight excluding hydrogens is 478 g/mol. The van der Waals surface area contributed by atoms with Crippen LogP contribution in [-0.4, -0.2) is 45.1 Å². The summed E-state index contributed by atoms with van der Waals surface area (Å²) < 4.78 is 58.0. The molecule has 2 aromatic heterocycles. The van der Waals surface area contributed by atoms with E-state index < -0.39 is 18.1 Å². The number of anilines is 2. The minimum Gasteiger partial charge on any atom is -0.406 e. The lowest BCUT2D eigenvalue weighted by atomic mass is 10.1. The van der Waals surface area contributed by atoms with E-state index >= 15 is 0 Å². The highest BCUT2D eigenvalue weighted by Gasteiger charge is 2.31. The monoisotopic (exact) mass is 497 g/mol. The summed E-state index contributed by atoms with van der Waals surface area (Å²) in [5, 5.41) is 14.8. The molecule has 4 rings (SSSR count). The predicted octanol–water partition coefficient (Wildman–Crippen LogP) is 4.47. The first kappa shape index (κ1) is 23.7. The number of aliphatic hydroxyl groups is 1. The first-order valence-corrected chi connectivity index (χ1v) is 10.9. The Morgan fingerprint density at radius 1 is 1.18 bits per heavy atom. The van der Waals surface area contributed by atoms with Crippen LogP contribution in [0.25, 0.3) is 21.3 Å². The number of carbonyl (C=O) groups excluding carboxylic acids is 1. The van der Waals surface area contributed by atoms with Gasteiger partial charge in [0.15, 0.2) is 5.13 Å². The van der Waals surface area contributed by atoms with E-state index in [1.165, 1.54) is 30.3 Å². The molecule has 0 fully saturated rings. The Kier molecular flexibility index (Phi) is 6.57. The molecule has 4 aromatic rings. The van der Waals surface area contributed by atoms with E-state index in [0.717, 1.165) is 11.3 Å². The topological polar surface area (TPSA) is 101 Å². The third-order valence-corrected chi connectivity index (χ3v) is 5.83. The number of thiazole rings is 1. The molecule has 8 nitrogen and oxygen atoms in total. The molecule has 0 aliphatic heterocycles. The van der Waals surface area contributed by atoms with Gasteiger partial charge in [0.05, 0.1) is 26.8 Å². The Hall–Kier alpha value is -3.45. The highest BCUT2D eigenvalue weighted by molar-refractivity contribution is 7.22. The lowest BCUT2D eigenvalue weighted by Gasteiger charge is -2.07. The first-order chi connectivity index (χ1) is 16.1. The van der Waals surface area contributed by atoms with Crippen LogP contribution in [0.15, 0.2) is 30.3 Å². The number of aliphatic hydroxyl groups excluding tert-OH is 1. The number of nitrogens with one attached hydrogen (secondary N) is 2. The highest BCUT2D eigenvalue weighted by Crippen LogP contribution is 2.33. The fourth-order valence-electron chi connectivity index (χ4n) is 3.28. The second-order valence-electron chi connectivity index (χ2n) is 7.32. The van der Waals surface area contributed by atoms with Crippen molar-refractivity contribution in [2.24, 2.45) is 7.05 Å². The van der Waals surface area contributed by atoms with Gasteiger partial charge in [-0.2, -0.15) is 0 Å². The first-order valence-electron chi connectivity index (χ1n) is 10.1. The van der Waals surface area contributed by atoms with Crippen molar-refractivity contribution in [3.05, 3.63) is 41.7 Å². The van der Waals surface area contributed by atoms with Gasteiger partial charge in [-0.3, -0.25) is 4.79 Å². The molecule has 0 bridgehead atoms. The third-order valence-electron chi connectivity index (χ3n) is 4.90. The van der Waals surface area contributed by atoms with Crippen LogP contribution in [0.4, 0.5) is 28.6 Å². The number of unbranched alkanes of at least 4 members (excludes halogenated alkanes) is 1. The SMILES string of the molecule is Cn1c(Nc2nc3ccc(OC(F)(F)F)cc3s2)nc2cc(C(=O)NCCCCO)c(F)cc21. The lowest BCUT2D eigenvalue weighted by molar-refractivity contribution is -0.274. The number of imidazole rings is 1. The van der Waals surface area contributed by atoms with E-state index in [0.29, 0.717) is 51.7 Å². The molecule has 0 saturated carbocycles. The van der Waals surface area contributed by atoms with Crippen LogP contribution in [0, 0.1) is 5.82 Å². The second kappa shape index (κ2) is 9.43. The average Bonchev–Trinajstić information content (AvgIpc) is 3.29. The minimum atomic E-state index is -4.79.